The fourth-order valence-electron chi connectivity index (χ4n) is 3.41. The van der Waals surface area contributed by atoms with E-state index in [2.05, 4.69) is 4.99 Å². The first-order valence-corrected chi connectivity index (χ1v) is 9.53. The zero-order chi connectivity index (χ0) is 24.1. The van der Waals surface area contributed by atoms with Crippen molar-refractivity contribution in [2.75, 3.05) is 27.6 Å². The first-order valence-electron chi connectivity index (χ1n) is 9.53. The van der Waals surface area contributed by atoms with Gasteiger partial charge in [-0.2, -0.15) is 4.99 Å². The molecular weight excluding hydrogens is 444 g/mol. The van der Waals surface area contributed by atoms with Gasteiger partial charge in [-0.3, -0.25) is 19.8 Å². The lowest BCUT2D eigenvalue weighted by Crippen LogP contribution is -2.50. The van der Waals surface area contributed by atoms with E-state index < -0.39 is 47.2 Å². The highest BCUT2D eigenvalue weighted by Crippen LogP contribution is 2.36. The number of halogens is 2. The van der Waals surface area contributed by atoms with Crippen LogP contribution < -0.4 is 4.74 Å². The second kappa shape index (κ2) is 10.1. The molecule has 0 aliphatic carbocycles. The Morgan fingerprint density at radius 1 is 1.15 bits per heavy atom. The fourth-order valence-corrected chi connectivity index (χ4v) is 3.41. The van der Waals surface area contributed by atoms with Gasteiger partial charge in [-0.25, -0.2) is 13.6 Å². The standard InChI is InChI=1S/C21H19F2N3O7/c1-31-10-17-18(20(27)32-2)19(12-3-8-15(22)16(23)9-12)25(21(28)24-17)11-33-14-6-4-13(5-7-14)26(29)30/h3-9,18-19H,10-11H2,1-2H3. The third-order valence-corrected chi connectivity index (χ3v) is 4.95. The number of methoxy groups -OCH3 is 2. The third-order valence-electron chi connectivity index (χ3n) is 4.95. The molecule has 2 atom stereocenters. The van der Waals surface area contributed by atoms with Gasteiger partial charge in [0.15, 0.2) is 18.4 Å². The summed E-state index contributed by atoms with van der Waals surface area (Å²) in [6.07, 6.45) is 0. The lowest BCUT2D eigenvalue weighted by atomic mass is 9.86. The van der Waals surface area contributed by atoms with Gasteiger partial charge in [-0.15, -0.1) is 0 Å². The van der Waals surface area contributed by atoms with Crippen molar-refractivity contribution in [2.45, 2.75) is 6.04 Å². The minimum absolute atomic E-state index is 0.0515. The Morgan fingerprint density at radius 2 is 1.85 bits per heavy atom. The normalized spacial score (nSPS) is 18.0. The summed E-state index contributed by atoms with van der Waals surface area (Å²) in [6, 6.07) is 6.12. The third kappa shape index (κ3) is 5.12. The quantitative estimate of drug-likeness (QED) is 0.335. The van der Waals surface area contributed by atoms with Crippen LogP contribution in [0.1, 0.15) is 11.6 Å². The second-order valence-corrected chi connectivity index (χ2v) is 6.93. The number of esters is 1. The van der Waals surface area contributed by atoms with Gasteiger partial charge in [0.1, 0.15) is 11.7 Å². The highest BCUT2D eigenvalue weighted by atomic mass is 19.2. The molecule has 33 heavy (non-hydrogen) atoms. The van der Waals surface area contributed by atoms with E-state index in [0.717, 1.165) is 24.1 Å². The summed E-state index contributed by atoms with van der Waals surface area (Å²) in [7, 11) is 2.49. The number of carbonyl (C=O) groups is 2. The number of rotatable bonds is 8. The van der Waals surface area contributed by atoms with Crippen LogP contribution in [-0.4, -0.2) is 55.1 Å². The van der Waals surface area contributed by atoms with Crippen LogP contribution in [0.5, 0.6) is 5.75 Å². The van der Waals surface area contributed by atoms with E-state index in [9.17, 15) is 28.5 Å². The molecule has 1 aliphatic heterocycles. The summed E-state index contributed by atoms with van der Waals surface area (Å²) in [5.41, 5.74) is -0.000234. The first kappa shape index (κ1) is 23.7. The number of urea groups is 1. The molecule has 2 unspecified atom stereocenters. The number of ether oxygens (including phenoxy) is 3. The second-order valence-electron chi connectivity index (χ2n) is 6.93. The number of amides is 2. The van der Waals surface area contributed by atoms with E-state index in [-0.39, 0.29) is 29.3 Å². The smallest absolute Gasteiger partial charge is 0.346 e. The summed E-state index contributed by atoms with van der Waals surface area (Å²) in [6.45, 7) is -0.625. The number of hydrogen-bond acceptors (Lipinski definition) is 7. The molecule has 0 fully saturated rings. The van der Waals surface area contributed by atoms with E-state index >= 15 is 0 Å². The minimum Gasteiger partial charge on any atom is -0.473 e. The molecule has 12 heteroatoms. The number of nitrogens with zero attached hydrogens (tertiary/aromatic N) is 3. The van der Waals surface area contributed by atoms with E-state index in [1.165, 1.54) is 37.4 Å². The monoisotopic (exact) mass is 463 g/mol. The van der Waals surface area contributed by atoms with Gasteiger partial charge >= 0.3 is 12.0 Å². The predicted octanol–water partition coefficient (Wildman–Crippen LogP) is 3.26. The molecule has 0 saturated carbocycles. The summed E-state index contributed by atoms with van der Waals surface area (Å²) < 4.78 is 43.1. The Kier molecular flexibility index (Phi) is 7.28. The van der Waals surface area contributed by atoms with Gasteiger partial charge in [0.05, 0.1) is 30.4 Å². The van der Waals surface area contributed by atoms with Gasteiger partial charge in [0, 0.05) is 19.2 Å². The maximum atomic E-state index is 14.0. The number of benzene rings is 2. The van der Waals surface area contributed by atoms with Crippen molar-refractivity contribution in [3.05, 3.63) is 69.8 Å². The summed E-state index contributed by atoms with van der Waals surface area (Å²) in [5.74, 6) is -4.03. The first-order chi connectivity index (χ1) is 15.8. The molecule has 0 N–H and O–H groups in total. The van der Waals surface area contributed by atoms with E-state index in [4.69, 9.17) is 14.2 Å². The Labute approximate surface area is 186 Å². The summed E-state index contributed by atoms with van der Waals surface area (Å²) in [4.78, 5) is 40.7. The number of hydrogen-bond donors (Lipinski definition) is 0. The summed E-state index contributed by atoms with van der Waals surface area (Å²) in [5, 5.41) is 10.8. The Bertz CT molecular complexity index is 1090. The molecule has 0 radical (unpaired) electrons. The molecule has 10 nitrogen and oxygen atoms in total. The van der Waals surface area contributed by atoms with Crippen molar-refractivity contribution in [1.82, 2.24) is 4.90 Å². The van der Waals surface area contributed by atoms with Crippen LogP contribution in [0.25, 0.3) is 0 Å². The zero-order valence-electron chi connectivity index (χ0n) is 17.6. The highest BCUT2D eigenvalue weighted by Gasteiger charge is 2.45. The van der Waals surface area contributed by atoms with Crippen molar-refractivity contribution in [3.8, 4) is 5.75 Å². The van der Waals surface area contributed by atoms with Crippen molar-refractivity contribution in [3.63, 3.8) is 0 Å². The van der Waals surface area contributed by atoms with Gasteiger partial charge in [-0.1, -0.05) is 6.07 Å². The zero-order valence-corrected chi connectivity index (χ0v) is 17.6. The maximum Gasteiger partial charge on any atom is 0.346 e. The molecule has 3 rings (SSSR count). The van der Waals surface area contributed by atoms with E-state index in [1.54, 1.807) is 0 Å². The number of carbonyl (C=O) groups excluding carboxylic acids is 2. The van der Waals surface area contributed by atoms with Crippen LogP contribution in [0.4, 0.5) is 19.3 Å². The molecule has 0 bridgehead atoms. The molecule has 1 aliphatic rings. The number of aliphatic imine (C=N–C) groups is 1. The fraction of sp³-hybridized carbons (Fsp3) is 0.286. The van der Waals surface area contributed by atoms with Crippen molar-refractivity contribution in [1.29, 1.82) is 0 Å². The topological polar surface area (TPSA) is 121 Å². The van der Waals surface area contributed by atoms with Crippen molar-refractivity contribution < 1.29 is 37.5 Å². The van der Waals surface area contributed by atoms with Gasteiger partial charge in [0.25, 0.3) is 5.69 Å². The minimum atomic E-state index is -1.18. The van der Waals surface area contributed by atoms with Crippen LogP contribution in [-0.2, 0) is 14.3 Å². The van der Waals surface area contributed by atoms with E-state index in [1.807, 2.05) is 0 Å². The molecular formula is C21H19F2N3O7. The molecule has 174 valence electrons. The highest BCUT2D eigenvalue weighted by molar-refractivity contribution is 6.09. The van der Waals surface area contributed by atoms with Crippen LogP contribution in [0.2, 0.25) is 0 Å². The lowest BCUT2D eigenvalue weighted by molar-refractivity contribution is -0.384. The molecule has 0 aromatic heterocycles. The molecule has 0 spiro atoms. The van der Waals surface area contributed by atoms with Crippen LogP contribution >= 0.6 is 0 Å². The van der Waals surface area contributed by atoms with Crippen molar-refractivity contribution in [2.24, 2.45) is 10.9 Å². The van der Waals surface area contributed by atoms with Crippen molar-refractivity contribution >= 4 is 23.4 Å². The maximum absolute atomic E-state index is 14.0. The number of nitro benzene ring substituents is 1. The Balaban J connectivity index is 2.00. The predicted molar refractivity (Wildman–Crippen MR) is 110 cm³/mol. The lowest BCUT2D eigenvalue weighted by Gasteiger charge is -2.38. The van der Waals surface area contributed by atoms with Gasteiger partial charge in [-0.05, 0) is 29.8 Å². The van der Waals surface area contributed by atoms with Crippen LogP contribution in [0.3, 0.4) is 0 Å². The van der Waals surface area contributed by atoms with E-state index in [0.29, 0.717) is 0 Å². The largest absolute Gasteiger partial charge is 0.473 e. The molecule has 1 heterocycles. The average Bonchev–Trinajstić information content (AvgIpc) is 2.80. The number of non-ortho nitro benzene ring substituents is 1. The van der Waals surface area contributed by atoms with Crippen LogP contribution in [0.15, 0.2) is 47.5 Å². The molecule has 0 saturated heterocycles. The average molecular weight is 463 g/mol. The molecule has 2 amide bonds. The SMILES string of the molecule is COCC1=NC(=O)N(COc2ccc([N+](=O)[O-])cc2)C(c2ccc(F)c(F)c2)C1C(=O)OC. The van der Waals surface area contributed by atoms with Gasteiger partial charge in [0.2, 0.25) is 0 Å². The molecule has 2 aromatic rings. The molecule has 2 aromatic carbocycles. The van der Waals surface area contributed by atoms with Crippen LogP contribution in [0, 0.1) is 27.7 Å². The van der Waals surface area contributed by atoms with Gasteiger partial charge < -0.3 is 14.2 Å². The Hall–Kier alpha value is -3.93. The Morgan fingerprint density at radius 3 is 2.42 bits per heavy atom. The number of nitro groups is 1. The summed E-state index contributed by atoms with van der Waals surface area (Å²) >= 11 is 0.